The highest BCUT2D eigenvalue weighted by molar-refractivity contribution is 5.38. The Morgan fingerprint density at radius 2 is 2.00 bits per heavy atom. The highest BCUT2D eigenvalue weighted by Gasteiger charge is 2.36. The van der Waals surface area contributed by atoms with E-state index in [-0.39, 0.29) is 11.8 Å². The molecule has 1 rings (SSSR count). The van der Waals surface area contributed by atoms with Crippen molar-refractivity contribution in [2.24, 2.45) is 11.8 Å². The van der Waals surface area contributed by atoms with Crippen molar-refractivity contribution in [2.75, 3.05) is 0 Å². The van der Waals surface area contributed by atoms with Crippen molar-refractivity contribution in [1.82, 2.24) is 0 Å². The summed E-state index contributed by atoms with van der Waals surface area (Å²) in [4.78, 5) is 0. The molecule has 96 valence electrons. The van der Waals surface area contributed by atoms with Crippen LogP contribution in [0.15, 0.2) is 34.9 Å². The Hall–Kier alpha value is -0.990. The van der Waals surface area contributed by atoms with Gasteiger partial charge >= 0.3 is 6.18 Å². The fourth-order valence-corrected chi connectivity index (χ4v) is 2.44. The average molecular weight is 244 g/mol. The minimum Gasteiger partial charge on any atom is -0.166 e. The number of halogens is 3. The third kappa shape index (κ3) is 3.02. The van der Waals surface area contributed by atoms with Gasteiger partial charge in [-0.25, -0.2) is 0 Å². The molecule has 0 radical (unpaired) electrons. The summed E-state index contributed by atoms with van der Waals surface area (Å²) in [6.07, 6.45) is 1.07. The smallest absolute Gasteiger partial charge is 0.166 e. The van der Waals surface area contributed by atoms with Crippen LogP contribution in [0.3, 0.4) is 0 Å². The quantitative estimate of drug-likeness (QED) is 0.597. The maximum Gasteiger partial charge on any atom is 0.416 e. The van der Waals surface area contributed by atoms with E-state index in [0.717, 1.165) is 11.1 Å². The third-order valence-electron chi connectivity index (χ3n) is 3.39. The highest BCUT2D eigenvalue weighted by Crippen LogP contribution is 2.40. The fourth-order valence-electron chi connectivity index (χ4n) is 2.44. The summed E-state index contributed by atoms with van der Waals surface area (Å²) < 4.78 is 38.1. The summed E-state index contributed by atoms with van der Waals surface area (Å²) in [7, 11) is 0. The minimum atomic E-state index is -4.23. The number of rotatable bonds is 2. The van der Waals surface area contributed by atoms with Crippen LogP contribution in [0.4, 0.5) is 13.2 Å². The molecule has 0 spiro atoms. The third-order valence-corrected chi connectivity index (χ3v) is 3.39. The molecule has 0 aliphatic heterocycles. The molecule has 0 aromatic carbocycles. The molecule has 0 bridgehead atoms. The van der Waals surface area contributed by atoms with Crippen molar-refractivity contribution < 1.29 is 13.2 Å². The van der Waals surface area contributed by atoms with Gasteiger partial charge in [0, 0.05) is 5.92 Å². The van der Waals surface area contributed by atoms with Crippen LogP contribution < -0.4 is 0 Å². The molecule has 0 amide bonds. The Morgan fingerprint density at radius 3 is 2.41 bits per heavy atom. The second-order valence-electron chi connectivity index (χ2n) is 4.56. The van der Waals surface area contributed by atoms with Gasteiger partial charge < -0.3 is 0 Å². The SMILES string of the molecule is CC=C(C)C1C(CC)=CC(C(F)(F)F)=CC1C. The Bertz CT molecular complexity index is 369. The molecule has 0 nitrogen and oxygen atoms in total. The highest BCUT2D eigenvalue weighted by atomic mass is 19.4. The molecule has 3 heteroatoms. The zero-order valence-electron chi connectivity index (χ0n) is 10.7. The van der Waals surface area contributed by atoms with Crippen LogP contribution in [0.25, 0.3) is 0 Å². The van der Waals surface area contributed by atoms with E-state index in [1.165, 1.54) is 12.2 Å². The molecule has 0 heterocycles. The van der Waals surface area contributed by atoms with Crippen LogP contribution in [-0.2, 0) is 0 Å². The summed E-state index contributed by atoms with van der Waals surface area (Å²) >= 11 is 0. The van der Waals surface area contributed by atoms with E-state index in [2.05, 4.69) is 0 Å². The van der Waals surface area contributed by atoms with Gasteiger partial charge in [-0.1, -0.05) is 43.2 Å². The maximum absolute atomic E-state index is 12.7. The molecule has 0 saturated heterocycles. The molecule has 0 aromatic rings. The predicted octanol–water partition coefficient (Wildman–Crippen LogP) is 5.04. The van der Waals surface area contributed by atoms with Gasteiger partial charge in [0.2, 0.25) is 0 Å². The lowest BCUT2D eigenvalue weighted by atomic mass is 9.75. The monoisotopic (exact) mass is 244 g/mol. The number of hydrogen-bond acceptors (Lipinski definition) is 0. The van der Waals surface area contributed by atoms with Crippen LogP contribution in [0, 0.1) is 11.8 Å². The van der Waals surface area contributed by atoms with Crippen molar-refractivity contribution in [3.05, 3.63) is 34.9 Å². The van der Waals surface area contributed by atoms with Crippen LogP contribution >= 0.6 is 0 Å². The van der Waals surface area contributed by atoms with E-state index >= 15 is 0 Å². The normalized spacial score (nSPS) is 26.6. The first-order valence-corrected chi connectivity index (χ1v) is 5.93. The van der Waals surface area contributed by atoms with Crippen molar-refractivity contribution in [3.63, 3.8) is 0 Å². The molecule has 0 saturated carbocycles. The van der Waals surface area contributed by atoms with Gasteiger partial charge in [-0.3, -0.25) is 0 Å². The lowest BCUT2D eigenvalue weighted by molar-refractivity contribution is -0.0891. The molecule has 0 aromatic heterocycles. The standard InChI is InChI=1S/C14H19F3/c1-5-9(3)13-10(4)7-12(14(15,16)17)8-11(13)6-2/h5,7-8,10,13H,6H2,1-4H3. The van der Waals surface area contributed by atoms with Crippen LogP contribution in [0.2, 0.25) is 0 Å². The van der Waals surface area contributed by atoms with E-state index in [1.54, 1.807) is 0 Å². The van der Waals surface area contributed by atoms with E-state index in [4.69, 9.17) is 0 Å². The fraction of sp³-hybridized carbons (Fsp3) is 0.571. The summed E-state index contributed by atoms with van der Waals surface area (Å²) in [6.45, 7) is 7.68. The van der Waals surface area contributed by atoms with Crippen LogP contribution in [0.1, 0.15) is 34.1 Å². The van der Waals surface area contributed by atoms with E-state index in [9.17, 15) is 13.2 Å². The second kappa shape index (κ2) is 5.11. The lowest BCUT2D eigenvalue weighted by Gasteiger charge is -2.30. The van der Waals surface area contributed by atoms with E-state index in [0.29, 0.717) is 6.42 Å². The Morgan fingerprint density at radius 1 is 1.41 bits per heavy atom. The molecule has 17 heavy (non-hydrogen) atoms. The second-order valence-corrected chi connectivity index (χ2v) is 4.56. The van der Waals surface area contributed by atoms with E-state index < -0.39 is 11.7 Å². The molecular formula is C14H19F3. The van der Waals surface area contributed by atoms with Gasteiger partial charge in [0.05, 0.1) is 5.57 Å². The summed E-state index contributed by atoms with van der Waals surface area (Å²) in [5.74, 6) is 0.0267. The average Bonchev–Trinajstić information content (AvgIpc) is 2.25. The molecular weight excluding hydrogens is 225 g/mol. The molecule has 0 fully saturated rings. The van der Waals surface area contributed by atoms with Crippen LogP contribution in [0.5, 0.6) is 0 Å². The topological polar surface area (TPSA) is 0 Å². The Labute approximate surface area is 101 Å². The summed E-state index contributed by atoms with van der Waals surface area (Å²) in [5.41, 5.74) is 1.52. The molecule has 1 aliphatic carbocycles. The van der Waals surface area contributed by atoms with Gasteiger partial charge in [0.1, 0.15) is 0 Å². The van der Waals surface area contributed by atoms with Gasteiger partial charge in [-0.15, -0.1) is 0 Å². The number of allylic oxidation sites excluding steroid dienone is 6. The van der Waals surface area contributed by atoms with Crippen molar-refractivity contribution in [3.8, 4) is 0 Å². The summed E-state index contributed by atoms with van der Waals surface area (Å²) in [5, 5.41) is 0. The molecule has 2 unspecified atom stereocenters. The molecule has 1 aliphatic rings. The predicted molar refractivity (Wildman–Crippen MR) is 64.6 cm³/mol. The first-order chi connectivity index (χ1) is 7.81. The van der Waals surface area contributed by atoms with Crippen molar-refractivity contribution in [1.29, 1.82) is 0 Å². The summed E-state index contributed by atoms with van der Waals surface area (Å²) in [6, 6.07) is 0. The lowest BCUT2D eigenvalue weighted by Crippen LogP contribution is -2.22. The van der Waals surface area contributed by atoms with Gasteiger partial charge in [-0.2, -0.15) is 13.2 Å². The first-order valence-electron chi connectivity index (χ1n) is 5.93. The van der Waals surface area contributed by atoms with E-state index in [1.807, 2.05) is 33.8 Å². The zero-order chi connectivity index (χ0) is 13.2. The molecule has 0 N–H and O–H groups in total. The van der Waals surface area contributed by atoms with Crippen molar-refractivity contribution in [2.45, 2.75) is 40.3 Å². The molecule has 2 atom stereocenters. The van der Waals surface area contributed by atoms with Crippen molar-refractivity contribution >= 4 is 0 Å². The maximum atomic E-state index is 12.7. The Balaban J connectivity index is 3.15. The first kappa shape index (κ1) is 14.1. The minimum absolute atomic E-state index is 0.0947. The van der Waals surface area contributed by atoms with Crippen LogP contribution in [-0.4, -0.2) is 6.18 Å². The largest absolute Gasteiger partial charge is 0.416 e. The van der Waals surface area contributed by atoms with Gasteiger partial charge in [-0.05, 0) is 26.2 Å². The zero-order valence-corrected chi connectivity index (χ0v) is 10.7. The van der Waals surface area contributed by atoms with Gasteiger partial charge in [0.25, 0.3) is 0 Å². The van der Waals surface area contributed by atoms with Gasteiger partial charge in [0.15, 0.2) is 0 Å². The number of alkyl halides is 3. The number of hydrogen-bond donors (Lipinski definition) is 0. The Kier molecular flexibility index (Phi) is 4.23.